The summed E-state index contributed by atoms with van der Waals surface area (Å²) in [6.45, 7) is 1.40. The van der Waals surface area contributed by atoms with Crippen molar-refractivity contribution in [3.63, 3.8) is 0 Å². The van der Waals surface area contributed by atoms with Crippen LogP contribution in [0.4, 0.5) is 10.1 Å². The number of aryl methyl sites for hydroxylation is 1. The highest BCUT2D eigenvalue weighted by Crippen LogP contribution is 2.31. The molecule has 6 heteroatoms. The molecule has 0 N–H and O–H groups in total. The highest BCUT2D eigenvalue weighted by atomic mass is 79.9. The molecule has 0 saturated carbocycles. The zero-order chi connectivity index (χ0) is 10.9. The van der Waals surface area contributed by atoms with Crippen LogP contribution in [0.5, 0.6) is 0 Å². The quantitative estimate of drug-likeness (QED) is 0.575. The molecule has 0 fully saturated rings. The molecule has 0 heterocycles. The first kappa shape index (κ1) is 10.6. The summed E-state index contributed by atoms with van der Waals surface area (Å²) < 4.78 is 13.5. The molecule has 1 aromatic carbocycles. The number of halogens is 2. The van der Waals surface area contributed by atoms with Crippen molar-refractivity contribution in [1.29, 1.82) is 5.26 Å². The number of nitriles is 1. The zero-order valence-corrected chi connectivity index (χ0v) is 8.63. The van der Waals surface area contributed by atoms with Gasteiger partial charge in [-0.25, -0.2) is 0 Å². The SMILES string of the molecule is Cc1cc(Br)c(C#N)c([N+](=O)[O-])c1F. The van der Waals surface area contributed by atoms with E-state index < -0.39 is 16.4 Å². The van der Waals surface area contributed by atoms with Gasteiger partial charge in [-0.2, -0.15) is 9.65 Å². The number of hydrogen-bond donors (Lipinski definition) is 0. The Kier molecular flexibility index (Phi) is 2.81. The maximum absolute atomic E-state index is 13.3. The van der Waals surface area contributed by atoms with Crippen molar-refractivity contribution < 1.29 is 9.31 Å². The summed E-state index contributed by atoms with van der Waals surface area (Å²) in [7, 11) is 0. The van der Waals surface area contributed by atoms with Crippen LogP contribution in [0.25, 0.3) is 0 Å². The summed E-state index contributed by atoms with van der Waals surface area (Å²) in [5.74, 6) is -0.963. The first-order valence-electron chi connectivity index (χ1n) is 3.52. The standard InChI is InChI=1S/C8H4BrFN2O2/c1-4-2-6(9)5(3-11)8(7(4)10)12(13)14/h2H,1H3. The van der Waals surface area contributed by atoms with Crippen molar-refractivity contribution in [1.82, 2.24) is 0 Å². The molecule has 72 valence electrons. The molecule has 1 rings (SSSR count). The molecule has 0 atom stereocenters. The third kappa shape index (κ3) is 1.59. The fraction of sp³-hybridized carbons (Fsp3) is 0.125. The van der Waals surface area contributed by atoms with Gasteiger partial charge in [0.25, 0.3) is 0 Å². The van der Waals surface area contributed by atoms with Crippen LogP contribution >= 0.6 is 15.9 Å². The maximum atomic E-state index is 13.3. The normalized spacial score (nSPS) is 9.57. The lowest BCUT2D eigenvalue weighted by molar-refractivity contribution is -0.387. The molecule has 0 aliphatic heterocycles. The van der Waals surface area contributed by atoms with Gasteiger partial charge in [0.05, 0.1) is 4.92 Å². The highest BCUT2D eigenvalue weighted by molar-refractivity contribution is 9.10. The molecule has 0 aliphatic carbocycles. The average Bonchev–Trinajstić information content (AvgIpc) is 2.10. The lowest BCUT2D eigenvalue weighted by Gasteiger charge is -2.01. The Labute approximate surface area is 87.2 Å². The summed E-state index contributed by atoms with van der Waals surface area (Å²) in [4.78, 5) is 9.60. The molecule has 1 aromatic rings. The van der Waals surface area contributed by atoms with Gasteiger partial charge in [0.15, 0.2) is 0 Å². The lowest BCUT2D eigenvalue weighted by Crippen LogP contribution is -1.99. The van der Waals surface area contributed by atoms with Crippen LogP contribution in [0.15, 0.2) is 10.5 Å². The van der Waals surface area contributed by atoms with Gasteiger partial charge >= 0.3 is 5.69 Å². The number of rotatable bonds is 1. The Bertz CT molecular complexity index is 454. The fourth-order valence-corrected chi connectivity index (χ4v) is 1.63. The molecule has 0 saturated heterocycles. The van der Waals surface area contributed by atoms with E-state index in [2.05, 4.69) is 15.9 Å². The largest absolute Gasteiger partial charge is 0.323 e. The summed E-state index contributed by atoms with van der Waals surface area (Å²) >= 11 is 2.97. The topological polar surface area (TPSA) is 66.9 Å². The van der Waals surface area contributed by atoms with E-state index in [4.69, 9.17) is 5.26 Å². The molecule has 0 aliphatic rings. The summed E-state index contributed by atoms with van der Waals surface area (Å²) in [6.07, 6.45) is 0. The molecular weight excluding hydrogens is 255 g/mol. The first-order chi connectivity index (χ1) is 6.49. The molecule has 14 heavy (non-hydrogen) atoms. The minimum Gasteiger partial charge on any atom is -0.258 e. The van der Waals surface area contributed by atoms with Crippen LogP contribution < -0.4 is 0 Å². The first-order valence-corrected chi connectivity index (χ1v) is 4.31. The Hall–Kier alpha value is -1.48. The van der Waals surface area contributed by atoms with E-state index in [1.54, 1.807) is 6.07 Å². The van der Waals surface area contributed by atoms with Crippen LogP contribution in [-0.4, -0.2) is 4.92 Å². The minimum absolute atomic E-state index is 0.127. The van der Waals surface area contributed by atoms with Crippen LogP contribution in [-0.2, 0) is 0 Å². The molecule has 0 amide bonds. The second-order valence-electron chi connectivity index (χ2n) is 2.58. The fourth-order valence-electron chi connectivity index (χ4n) is 1.01. The van der Waals surface area contributed by atoms with Gasteiger partial charge in [-0.1, -0.05) is 0 Å². The van der Waals surface area contributed by atoms with Crippen molar-refractivity contribution in [2.45, 2.75) is 6.92 Å². The van der Waals surface area contributed by atoms with Gasteiger partial charge < -0.3 is 0 Å². The number of nitro groups is 1. The molecule has 4 nitrogen and oxygen atoms in total. The van der Waals surface area contributed by atoms with E-state index in [9.17, 15) is 14.5 Å². The number of hydrogen-bond acceptors (Lipinski definition) is 3. The van der Waals surface area contributed by atoms with Gasteiger partial charge in [-0.05, 0) is 34.5 Å². The van der Waals surface area contributed by atoms with Gasteiger partial charge in [0.1, 0.15) is 11.6 Å². The monoisotopic (exact) mass is 258 g/mol. The van der Waals surface area contributed by atoms with Crippen molar-refractivity contribution in [2.24, 2.45) is 0 Å². The molecular formula is C8H4BrFN2O2. The Morgan fingerprint density at radius 1 is 1.71 bits per heavy atom. The van der Waals surface area contributed by atoms with Crippen LogP contribution in [0.2, 0.25) is 0 Å². The number of nitrogens with zero attached hydrogens (tertiary/aromatic N) is 2. The van der Waals surface area contributed by atoms with Crippen molar-refractivity contribution >= 4 is 21.6 Å². The smallest absolute Gasteiger partial charge is 0.258 e. The predicted octanol–water partition coefficient (Wildman–Crippen LogP) is 2.68. The zero-order valence-electron chi connectivity index (χ0n) is 7.04. The van der Waals surface area contributed by atoms with Crippen molar-refractivity contribution in [2.75, 3.05) is 0 Å². The predicted molar refractivity (Wildman–Crippen MR) is 50.2 cm³/mol. The molecule has 0 aromatic heterocycles. The van der Waals surface area contributed by atoms with Crippen LogP contribution in [0.3, 0.4) is 0 Å². The van der Waals surface area contributed by atoms with E-state index in [0.29, 0.717) is 0 Å². The third-order valence-corrected chi connectivity index (χ3v) is 2.29. The van der Waals surface area contributed by atoms with Gasteiger partial charge in [0.2, 0.25) is 5.82 Å². The molecule has 0 bridgehead atoms. The minimum atomic E-state index is -0.963. The van der Waals surface area contributed by atoms with Crippen molar-refractivity contribution in [3.05, 3.63) is 37.6 Å². The maximum Gasteiger partial charge on any atom is 0.323 e. The third-order valence-electron chi connectivity index (χ3n) is 1.67. The second kappa shape index (κ2) is 3.72. The van der Waals surface area contributed by atoms with Crippen LogP contribution in [0, 0.1) is 34.2 Å². The van der Waals surface area contributed by atoms with E-state index in [1.165, 1.54) is 13.0 Å². The Morgan fingerprint density at radius 3 is 2.71 bits per heavy atom. The van der Waals surface area contributed by atoms with Crippen molar-refractivity contribution in [3.8, 4) is 6.07 Å². The van der Waals surface area contributed by atoms with E-state index in [1.807, 2.05) is 0 Å². The van der Waals surface area contributed by atoms with Gasteiger partial charge in [0, 0.05) is 4.47 Å². The summed E-state index contributed by atoms with van der Waals surface area (Å²) in [5, 5.41) is 19.1. The summed E-state index contributed by atoms with van der Waals surface area (Å²) in [6, 6.07) is 2.92. The molecule has 0 unspecified atom stereocenters. The van der Waals surface area contributed by atoms with E-state index in [-0.39, 0.29) is 15.6 Å². The second-order valence-corrected chi connectivity index (χ2v) is 3.44. The van der Waals surface area contributed by atoms with E-state index in [0.717, 1.165) is 0 Å². The van der Waals surface area contributed by atoms with E-state index >= 15 is 0 Å². The number of nitro benzene ring substituents is 1. The summed E-state index contributed by atoms with van der Waals surface area (Å²) in [5.41, 5.74) is -0.944. The van der Waals surface area contributed by atoms with Gasteiger partial charge in [-0.15, -0.1) is 0 Å². The lowest BCUT2D eigenvalue weighted by atomic mass is 10.1. The molecule has 0 radical (unpaired) electrons. The Balaban J connectivity index is 3.67. The Morgan fingerprint density at radius 2 is 2.29 bits per heavy atom. The average molecular weight is 259 g/mol. The van der Waals surface area contributed by atoms with Gasteiger partial charge in [-0.3, -0.25) is 10.1 Å². The van der Waals surface area contributed by atoms with Crippen LogP contribution in [0.1, 0.15) is 11.1 Å². The number of benzene rings is 1. The molecule has 0 spiro atoms. The highest BCUT2D eigenvalue weighted by Gasteiger charge is 2.24.